The van der Waals surface area contributed by atoms with E-state index in [9.17, 15) is 5.11 Å². The molecule has 0 saturated heterocycles. The zero-order valence-electron chi connectivity index (χ0n) is 7.81. The second kappa shape index (κ2) is 3.52. The van der Waals surface area contributed by atoms with Crippen LogP contribution in [0, 0.1) is 0 Å². The Bertz CT molecular complexity index is 258. The molecule has 3 nitrogen and oxygen atoms in total. The molecule has 0 amide bonds. The molecule has 1 aromatic rings. The van der Waals surface area contributed by atoms with Crippen molar-refractivity contribution in [1.29, 1.82) is 0 Å². The lowest BCUT2D eigenvalue weighted by Crippen LogP contribution is -2.48. The molecule has 1 aliphatic rings. The Kier molecular flexibility index (Phi) is 2.38. The van der Waals surface area contributed by atoms with Crippen molar-refractivity contribution in [3.63, 3.8) is 0 Å². The van der Waals surface area contributed by atoms with Crippen LogP contribution in [0.4, 0.5) is 0 Å². The van der Waals surface area contributed by atoms with Crippen LogP contribution in [0.3, 0.4) is 0 Å². The van der Waals surface area contributed by atoms with Crippen molar-refractivity contribution in [2.45, 2.75) is 31.5 Å². The highest BCUT2D eigenvalue weighted by Gasteiger charge is 2.32. The van der Waals surface area contributed by atoms with Crippen molar-refractivity contribution in [1.82, 2.24) is 4.90 Å². The molecule has 0 bridgehead atoms. The number of likely N-dealkylation sites (N-methyl/N-ethyl adjacent to an activating group) is 1. The molecule has 0 spiro atoms. The van der Waals surface area contributed by atoms with E-state index in [0.29, 0.717) is 6.04 Å². The first-order valence-electron chi connectivity index (χ1n) is 4.68. The third kappa shape index (κ3) is 1.76. The lowest BCUT2D eigenvalue weighted by molar-refractivity contribution is -0.0151. The van der Waals surface area contributed by atoms with Crippen LogP contribution in [-0.4, -0.2) is 29.2 Å². The zero-order chi connectivity index (χ0) is 9.26. The van der Waals surface area contributed by atoms with Crippen molar-refractivity contribution < 1.29 is 9.52 Å². The average molecular weight is 181 g/mol. The Labute approximate surface area is 78.0 Å². The van der Waals surface area contributed by atoms with E-state index < -0.39 is 0 Å². The Morgan fingerprint density at radius 2 is 2.46 bits per heavy atom. The summed E-state index contributed by atoms with van der Waals surface area (Å²) in [6.45, 7) is 0.786. The van der Waals surface area contributed by atoms with Crippen LogP contribution >= 0.6 is 0 Å². The lowest BCUT2D eigenvalue weighted by atomic mass is 9.88. The summed E-state index contributed by atoms with van der Waals surface area (Å²) >= 11 is 0. The summed E-state index contributed by atoms with van der Waals surface area (Å²) < 4.78 is 5.23. The van der Waals surface area contributed by atoms with Crippen LogP contribution in [0.15, 0.2) is 22.8 Å². The van der Waals surface area contributed by atoms with Gasteiger partial charge < -0.3 is 9.52 Å². The summed E-state index contributed by atoms with van der Waals surface area (Å²) in [5.41, 5.74) is 0. The van der Waals surface area contributed by atoms with Crippen LogP contribution < -0.4 is 0 Å². The maximum Gasteiger partial charge on any atom is 0.117 e. The van der Waals surface area contributed by atoms with E-state index in [-0.39, 0.29) is 6.10 Å². The molecule has 2 unspecified atom stereocenters. The van der Waals surface area contributed by atoms with Gasteiger partial charge in [0.2, 0.25) is 0 Å². The molecule has 3 heteroatoms. The predicted molar refractivity (Wildman–Crippen MR) is 49.2 cm³/mol. The Morgan fingerprint density at radius 3 is 2.92 bits per heavy atom. The molecule has 1 N–H and O–H groups in total. The molecular weight excluding hydrogens is 166 g/mol. The third-order valence-corrected chi connectivity index (χ3v) is 2.75. The predicted octanol–water partition coefficient (Wildman–Crippen LogP) is 1.23. The highest BCUT2D eigenvalue weighted by atomic mass is 16.3. The van der Waals surface area contributed by atoms with Gasteiger partial charge in [-0.15, -0.1) is 0 Å². The van der Waals surface area contributed by atoms with Gasteiger partial charge in [0, 0.05) is 6.04 Å². The van der Waals surface area contributed by atoms with E-state index in [2.05, 4.69) is 4.90 Å². The fraction of sp³-hybridized carbons (Fsp3) is 0.600. The fourth-order valence-electron chi connectivity index (χ4n) is 1.74. The van der Waals surface area contributed by atoms with Gasteiger partial charge in [-0.05, 0) is 32.0 Å². The SMILES string of the molecule is CN(Cc1ccco1)C1CCC1O. The molecule has 1 heterocycles. The van der Waals surface area contributed by atoms with E-state index in [1.54, 1.807) is 6.26 Å². The first kappa shape index (κ1) is 8.78. The molecule has 1 aliphatic carbocycles. The van der Waals surface area contributed by atoms with E-state index >= 15 is 0 Å². The summed E-state index contributed by atoms with van der Waals surface area (Å²) in [4.78, 5) is 2.15. The minimum Gasteiger partial charge on any atom is -0.468 e. The third-order valence-electron chi connectivity index (χ3n) is 2.75. The van der Waals surface area contributed by atoms with Crippen molar-refractivity contribution in [2.24, 2.45) is 0 Å². The Balaban J connectivity index is 1.88. The number of furan rings is 1. The molecular formula is C10H15NO2. The summed E-state index contributed by atoms with van der Waals surface area (Å²) in [6, 6.07) is 4.17. The van der Waals surface area contributed by atoms with Crippen LogP contribution in [0.2, 0.25) is 0 Å². The van der Waals surface area contributed by atoms with Crippen LogP contribution in [0.5, 0.6) is 0 Å². The highest BCUT2D eigenvalue weighted by molar-refractivity contribution is 4.99. The zero-order valence-corrected chi connectivity index (χ0v) is 7.81. The largest absolute Gasteiger partial charge is 0.468 e. The summed E-state index contributed by atoms with van der Waals surface area (Å²) in [6.07, 6.45) is 3.58. The molecule has 1 fully saturated rings. The standard InChI is InChI=1S/C10H15NO2/c1-11(9-4-5-10(9)12)7-8-3-2-6-13-8/h2-3,6,9-10,12H,4-5,7H2,1H3. The molecule has 2 atom stereocenters. The van der Waals surface area contributed by atoms with Crippen molar-refractivity contribution in [3.8, 4) is 0 Å². The van der Waals surface area contributed by atoms with Crippen molar-refractivity contribution in [3.05, 3.63) is 24.2 Å². The van der Waals surface area contributed by atoms with Gasteiger partial charge in [0.1, 0.15) is 5.76 Å². The van der Waals surface area contributed by atoms with Gasteiger partial charge in [-0.2, -0.15) is 0 Å². The Hall–Kier alpha value is -0.800. The first-order chi connectivity index (χ1) is 6.27. The maximum atomic E-state index is 9.43. The molecule has 0 radical (unpaired) electrons. The molecule has 0 aliphatic heterocycles. The molecule has 1 saturated carbocycles. The number of nitrogens with zero attached hydrogens (tertiary/aromatic N) is 1. The number of aliphatic hydroxyl groups is 1. The molecule has 72 valence electrons. The van der Waals surface area contributed by atoms with E-state index in [4.69, 9.17) is 4.42 Å². The highest BCUT2D eigenvalue weighted by Crippen LogP contribution is 2.25. The summed E-state index contributed by atoms with van der Waals surface area (Å²) in [5, 5.41) is 9.43. The van der Waals surface area contributed by atoms with Crippen molar-refractivity contribution in [2.75, 3.05) is 7.05 Å². The average Bonchev–Trinajstić information content (AvgIpc) is 2.54. The monoisotopic (exact) mass is 181 g/mol. The summed E-state index contributed by atoms with van der Waals surface area (Å²) in [7, 11) is 2.02. The van der Waals surface area contributed by atoms with E-state index in [0.717, 1.165) is 25.1 Å². The van der Waals surface area contributed by atoms with Gasteiger partial charge in [-0.25, -0.2) is 0 Å². The van der Waals surface area contributed by atoms with Crippen LogP contribution in [0.25, 0.3) is 0 Å². The van der Waals surface area contributed by atoms with E-state index in [1.165, 1.54) is 0 Å². The normalized spacial score (nSPS) is 27.6. The number of hydrogen-bond acceptors (Lipinski definition) is 3. The van der Waals surface area contributed by atoms with Crippen molar-refractivity contribution >= 4 is 0 Å². The minimum atomic E-state index is -0.139. The van der Waals surface area contributed by atoms with Gasteiger partial charge in [-0.1, -0.05) is 0 Å². The van der Waals surface area contributed by atoms with Gasteiger partial charge >= 0.3 is 0 Å². The minimum absolute atomic E-state index is 0.139. The number of hydrogen-bond donors (Lipinski definition) is 1. The summed E-state index contributed by atoms with van der Waals surface area (Å²) in [5.74, 6) is 0.960. The number of rotatable bonds is 3. The van der Waals surface area contributed by atoms with Gasteiger partial charge in [0.25, 0.3) is 0 Å². The maximum absolute atomic E-state index is 9.43. The molecule has 13 heavy (non-hydrogen) atoms. The fourth-order valence-corrected chi connectivity index (χ4v) is 1.74. The van der Waals surface area contributed by atoms with Crippen LogP contribution in [-0.2, 0) is 6.54 Å². The molecule has 2 rings (SSSR count). The van der Waals surface area contributed by atoms with Gasteiger partial charge in [0.05, 0.1) is 18.9 Å². The van der Waals surface area contributed by atoms with Gasteiger partial charge in [0.15, 0.2) is 0 Å². The lowest BCUT2D eigenvalue weighted by Gasteiger charge is -2.39. The second-order valence-corrected chi connectivity index (χ2v) is 3.71. The molecule has 1 aromatic heterocycles. The topological polar surface area (TPSA) is 36.6 Å². The number of aliphatic hydroxyl groups excluding tert-OH is 1. The Morgan fingerprint density at radius 1 is 1.62 bits per heavy atom. The first-order valence-corrected chi connectivity index (χ1v) is 4.68. The molecule has 0 aromatic carbocycles. The second-order valence-electron chi connectivity index (χ2n) is 3.71. The van der Waals surface area contributed by atoms with Gasteiger partial charge in [-0.3, -0.25) is 4.90 Å². The van der Waals surface area contributed by atoms with E-state index in [1.807, 2.05) is 19.2 Å². The smallest absolute Gasteiger partial charge is 0.117 e. The van der Waals surface area contributed by atoms with Crippen LogP contribution in [0.1, 0.15) is 18.6 Å². The quantitative estimate of drug-likeness (QED) is 0.762.